The van der Waals surface area contributed by atoms with Gasteiger partial charge in [0.2, 0.25) is 0 Å². The van der Waals surface area contributed by atoms with E-state index in [-0.39, 0.29) is 6.03 Å². The first-order valence-electron chi connectivity index (χ1n) is 4.01. The van der Waals surface area contributed by atoms with Crippen molar-refractivity contribution in [1.29, 1.82) is 0 Å². The van der Waals surface area contributed by atoms with Crippen LogP contribution in [0.3, 0.4) is 0 Å². The number of benzene rings is 1. The maximum Gasteiger partial charge on any atom is 0.454 e. The van der Waals surface area contributed by atoms with Crippen LogP contribution in [0, 0.1) is 0 Å². The van der Waals surface area contributed by atoms with Crippen molar-refractivity contribution in [2.45, 2.75) is 0 Å². The van der Waals surface area contributed by atoms with E-state index in [1.807, 2.05) is 12.1 Å². The van der Waals surface area contributed by atoms with Gasteiger partial charge in [0.05, 0.1) is 0 Å². The maximum atomic E-state index is 11.2. The molecule has 5 heteroatoms. The average Bonchev–Trinajstić information content (AvgIpc) is 2.15. The number of carbonyl (C=O) groups excluding carboxylic acids is 1. The zero-order valence-corrected chi connectivity index (χ0v) is 7.19. The lowest BCUT2D eigenvalue weighted by molar-refractivity contribution is 0.236. The van der Waals surface area contributed by atoms with Gasteiger partial charge in [0.25, 0.3) is 0 Å². The fraction of sp³-hybridized carbons (Fsp3) is 0.125. The highest BCUT2D eigenvalue weighted by molar-refractivity contribution is 6.69. The second kappa shape index (κ2) is 2.78. The van der Waals surface area contributed by atoms with Gasteiger partial charge in [-0.1, -0.05) is 18.2 Å². The van der Waals surface area contributed by atoms with Gasteiger partial charge in [0, 0.05) is 12.7 Å². The van der Waals surface area contributed by atoms with E-state index in [2.05, 4.69) is 5.32 Å². The molecule has 0 atom stereocenters. The zero-order valence-electron chi connectivity index (χ0n) is 7.19. The van der Waals surface area contributed by atoms with Crippen molar-refractivity contribution >= 4 is 24.2 Å². The van der Waals surface area contributed by atoms with Gasteiger partial charge in [0.1, 0.15) is 0 Å². The van der Waals surface area contributed by atoms with Gasteiger partial charge >= 0.3 is 13.1 Å². The first-order chi connectivity index (χ1) is 6.20. The quantitative estimate of drug-likeness (QED) is 0.540. The molecular weight excluding hydrogens is 167 g/mol. The molecule has 1 aromatic rings. The monoisotopic (exact) mass is 176 g/mol. The van der Waals surface area contributed by atoms with Crippen molar-refractivity contribution in [2.24, 2.45) is 0 Å². The van der Waals surface area contributed by atoms with Gasteiger partial charge in [-0.15, -0.1) is 0 Å². The Labute approximate surface area is 76.3 Å². The predicted octanol–water partition coefficient (Wildman–Crippen LogP) is -0.149. The van der Waals surface area contributed by atoms with Crippen molar-refractivity contribution in [3.05, 3.63) is 24.3 Å². The Morgan fingerprint density at radius 3 is 2.92 bits per heavy atom. The van der Waals surface area contributed by atoms with E-state index < -0.39 is 7.05 Å². The summed E-state index contributed by atoms with van der Waals surface area (Å²) < 4.78 is 0. The number of hydrogen-bond donors (Lipinski definition) is 2. The second-order valence-corrected chi connectivity index (χ2v) is 3.00. The molecule has 1 heterocycles. The summed E-state index contributed by atoms with van der Waals surface area (Å²) in [5.41, 5.74) is 1.41. The number of fused-ring (bicyclic) bond motifs is 1. The summed E-state index contributed by atoms with van der Waals surface area (Å²) in [6.07, 6.45) is 0. The van der Waals surface area contributed by atoms with Gasteiger partial charge < -0.3 is 15.2 Å². The Balaban J connectivity index is 2.49. The molecule has 4 nitrogen and oxygen atoms in total. The Morgan fingerprint density at radius 1 is 1.46 bits per heavy atom. The average molecular weight is 176 g/mol. The lowest BCUT2D eigenvalue weighted by Gasteiger charge is -2.28. The van der Waals surface area contributed by atoms with Crippen LogP contribution in [0.2, 0.25) is 0 Å². The first kappa shape index (κ1) is 8.13. The minimum absolute atomic E-state index is 0.286. The van der Waals surface area contributed by atoms with E-state index in [1.165, 1.54) is 4.81 Å². The largest absolute Gasteiger partial charge is 0.454 e. The number of para-hydroxylation sites is 1. The molecule has 0 spiro atoms. The van der Waals surface area contributed by atoms with E-state index in [0.29, 0.717) is 5.69 Å². The van der Waals surface area contributed by atoms with Gasteiger partial charge in [-0.05, 0) is 11.5 Å². The first-order valence-corrected chi connectivity index (χ1v) is 4.01. The number of nitrogens with zero attached hydrogens (tertiary/aromatic N) is 1. The number of amides is 2. The lowest BCUT2D eigenvalue weighted by atomic mass is 9.70. The summed E-state index contributed by atoms with van der Waals surface area (Å²) in [5, 5.41) is 12.3. The SMILES string of the molecule is CN1B(O)c2ccccc2NC1=O. The highest BCUT2D eigenvalue weighted by Gasteiger charge is 2.32. The van der Waals surface area contributed by atoms with Crippen molar-refractivity contribution in [3.63, 3.8) is 0 Å². The maximum absolute atomic E-state index is 11.2. The van der Waals surface area contributed by atoms with Crippen LogP contribution < -0.4 is 10.8 Å². The highest BCUT2D eigenvalue weighted by Crippen LogP contribution is 2.11. The number of hydrogen-bond acceptors (Lipinski definition) is 2. The molecule has 2 N–H and O–H groups in total. The number of rotatable bonds is 0. The molecule has 13 heavy (non-hydrogen) atoms. The van der Waals surface area contributed by atoms with E-state index in [1.54, 1.807) is 19.2 Å². The van der Waals surface area contributed by atoms with Crippen molar-refractivity contribution in [1.82, 2.24) is 4.81 Å². The topological polar surface area (TPSA) is 52.6 Å². The number of urea groups is 1. The minimum atomic E-state index is -0.843. The Bertz CT molecular complexity index is 356. The molecule has 0 aromatic heterocycles. The van der Waals surface area contributed by atoms with Gasteiger partial charge in [-0.2, -0.15) is 0 Å². The molecule has 66 valence electrons. The third-order valence-electron chi connectivity index (χ3n) is 2.17. The zero-order chi connectivity index (χ0) is 9.42. The summed E-state index contributed by atoms with van der Waals surface area (Å²) in [6, 6.07) is 6.91. The molecule has 0 unspecified atom stereocenters. The molecule has 0 fully saturated rings. The van der Waals surface area contributed by atoms with Crippen LogP contribution >= 0.6 is 0 Å². The Hall–Kier alpha value is -1.49. The fourth-order valence-corrected chi connectivity index (χ4v) is 1.36. The molecule has 2 rings (SSSR count). The van der Waals surface area contributed by atoms with Crippen molar-refractivity contribution < 1.29 is 9.82 Å². The van der Waals surface area contributed by atoms with Crippen LogP contribution in [0.4, 0.5) is 10.5 Å². The Morgan fingerprint density at radius 2 is 2.15 bits per heavy atom. The summed E-state index contributed by atoms with van der Waals surface area (Å²) in [5.74, 6) is 0. The van der Waals surface area contributed by atoms with Gasteiger partial charge in [-0.3, -0.25) is 0 Å². The molecule has 2 amide bonds. The van der Waals surface area contributed by atoms with Gasteiger partial charge in [0.15, 0.2) is 0 Å². The van der Waals surface area contributed by atoms with E-state index in [9.17, 15) is 9.82 Å². The minimum Gasteiger partial charge on any atom is -0.428 e. The number of nitrogens with one attached hydrogen (secondary N) is 1. The van der Waals surface area contributed by atoms with Crippen LogP contribution in [0.25, 0.3) is 0 Å². The van der Waals surface area contributed by atoms with E-state index >= 15 is 0 Å². The number of carbonyl (C=O) groups is 1. The van der Waals surface area contributed by atoms with Crippen molar-refractivity contribution in [2.75, 3.05) is 12.4 Å². The molecule has 0 radical (unpaired) electrons. The molecule has 1 aliphatic rings. The van der Waals surface area contributed by atoms with Crippen LogP contribution in [-0.4, -0.2) is 30.0 Å². The molecule has 1 aromatic carbocycles. The van der Waals surface area contributed by atoms with Crippen LogP contribution in [0.15, 0.2) is 24.3 Å². The summed E-state index contributed by atoms with van der Waals surface area (Å²) in [7, 11) is 0.709. The predicted molar refractivity (Wildman–Crippen MR) is 50.8 cm³/mol. The molecule has 1 aliphatic heterocycles. The molecule has 0 saturated heterocycles. The molecule has 0 aliphatic carbocycles. The molecule has 0 saturated carbocycles. The fourth-order valence-electron chi connectivity index (χ4n) is 1.36. The standard InChI is InChI=1S/C8H9BN2O2/c1-11-8(12)10-7-5-3-2-4-6(7)9(11)13/h2-5,13H,1H3,(H,10,12). The van der Waals surface area contributed by atoms with Crippen LogP contribution in [0.5, 0.6) is 0 Å². The molecular formula is C8H9BN2O2. The summed E-state index contributed by atoms with van der Waals surface area (Å²) in [4.78, 5) is 12.5. The Kier molecular flexibility index (Phi) is 1.74. The van der Waals surface area contributed by atoms with Gasteiger partial charge in [-0.25, -0.2) is 4.79 Å². The van der Waals surface area contributed by atoms with Crippen LogP contribution in [-0.2, 0) is 0 Å². The third-order valence-corrected chi connectivity index (χ3v) is 2.17. The third kappa shape index (κ3) is 1.17. The van der Waals surface area contributed by atoms with E-state index in [0.717, 1.165) is 5.46 Å². The van der Waals surface area contributed by atoms with E-state index in [4.69, 9.17) is 0 Å². The number of anilines is 1. The van der Waals surface area contributed by atoms with Crippen molar-refractivity contribution in [3.8, 4) is 0 Å². The highest BCUT2D eigenvalue weighted by atomic mass is 16.2. The summed E-state index contributed by atoms with van der Waals surface area (Å²) in [6.45, 7) is 0. The van der Waals surface area contributed by atoms with Crippen LogP contribution in [0.1, 0.15) is 0 Å². The normalized spacial score (nSPS) is 15.4. The second-order valence-electron chi connectivity index (χ2n) is 3.00. The summed E-state index contributed by atoms with van der Waals surface area (Å²) >= 11 is 0. The molecule has 0 bridgehead atoms. The smallest absolute Gasteiger partial charge is 0.428 e. The lowest BCUT2D eigenvalue weighted by Crippen LogP contribution is -2.55.